The molecule has 0 spiro atoms. The summed E-state index contributed by atoms with van der Waals surface area (Å²) in [4.78, 5) is 14.9. The molecule has 3 rings (SSSR count). The number of benzene rings is 1. The molecule has 8 heteroatoms. The molecule has 0 aromatic heterocycles. The molecule has 0 aliphatic carbocycles. The molecule has 2 fully saturated rings. The minimum absolute atomic E-state index is 0.0704. The van der Waals surface area contributed by atoms with Gasteiger partial charge in [-0.15, -0.1) is 0 Å². The minimum atomic E-state index is -0.0912. The van der Waals surface area contributed by atoms with E-state index in [9.17, 15) is 9.90 Å². The van der Waals surface area contributed by atoms with E-state index in [0.29, 0.717) is 31.7 Å². The molecule has 2 heterocycles. The fraction of sp³-hybridized carbons (Fsp3) is 0.412. The Kier molecular flexibility index (Phi) is 6.24. The van der Waals surface area contributed by atoms with Crippen LogP contribution in [0.25, 0.3) is 6.08 Å². The predicted octanol–water partition coefficient (Wildman–Crippen LogP) is 3.78. The van der Waals surface area contributed by atoms with Crippen LogP contribution in [0.15, 0.2) is 17.0 Å². The van der Waals surface area contributed by atoms with Crippen molar-refractivity contribution in [1.82, 2.24) is 4.90 Å². The van der Waals surface area contributed by atoms with E-state index in [0.717, 1.165) is 25.0 Å². The van der Waals surface area contributed by atoms with Gasteiger partial charge in [0.2, 0.25) is 0 Å². The number of amides is 1. The smallest absolute Gasteiger partial charge is 0.266 e. The van der Waals surface area contributed by atoms with Crippen molar-refractivity contribution in [3.63, 3.8) is 0 Å². The Hall–Kier alpha value is -0.840. The van der Waals surface area contributed by atoms with Crippen molar-refractivity contribution in [2.75, 3.05) is 19.8 Å². The normalized spacial score (nSPS) is 22.2. The predicted molar refractivity (Wildman–Crippen MR) is 111 cm³/mol. The summed E-state index contributed by atoms with van der Waals surface area (Å²) in [5, 5.41) is 10.0. The lowest BCUT2D eigenvalue weighted by Gasteiger charge is -2.18. The Bertz CT molecular complexity index is 732. The third-order valence-corrected chi connectivity index (χ3v) is 6.13. The van der Waals surface area contributed by atoms with Crippen molar-refractivity contribution in [2.45, 2.75) is 25.9 Å². The van der Waals surface area contributed by atoms with Crippen molar-refractivity contribution in [1.29, 1.82) is 0 Å². The zero-order valence-electron chi connectivity index (χ0n) is 13.7. The highest BCUT2D eigenvalue weighted by Gasteiger charge is 2.34. The largest absolute Gasteiger partial charge is 0.504 e. The summed E-state index contributed by atoms with van der Waals surface area (Å²) in [6.45, 7) is 3.58. The maximum absolute atomic E-state index is 12.7. The van der Waals surface area contributed by atoms with Crippen LogP contribution in [0.3, 0.4) is 0 Å². The highest BCUT2D eigenvalue weighted by molar-refractivity contribution is 14.1. The molecule has 1 aromatic carbocycles. The van der Waals surface area contributed by atoms with E-state index in [1.165, 1.54) is 11.8 Å². The summed E-state index contributed by atoms with van der Waals surface area (Å²) in [7, 11) is 0. The van der Waals surface area contributed by atoms with Crippen molar-refractivity contribution in [3.8, 4) is 11.5 Å². The summed E-state index contributed by atoms with van der Waals surface area (Å²) in [6.07, 6.45) is 3.85. The lowest BCUT2D eigenvalue weighted by Crippen LogP contribution is -2.35. The van der Waals surface area contributed by atoms with Gasteiger partial charge in [0.1, 0.15) is 4.32 Å². The number of carbonyl (C=O) groups excluding carboxylic acids is 1. The quantitative estimate of drug-likeness (QED) is 0.385. The molecule has 0 saturated carbocycles. The minimum Gasteiger partial charge on any atom is -0.504 e. The number of carbonyl (C=O) groups is 1. The van der Waals surface area contributed by atoms with Gasteiger partial charge in [-0.1, -0.05) is 24.0 Å². The lowest BCUT2D eigenvalue weighted by atomic mass is 10.2. The molecule has 1 amide bonds. The second-order valence-electron chi connectivity index (χ2n) is 5.71. The molecule has 25 heavy (non-hydrogen) atoms. The fourth-order valence-electron chi connectivity index (χ4n) is 2.74. The highest BCUT2D eigenvalue weighted by atomic mass is 127. The Balaban J connectivity index is 1.81. The van der Waals surface area contributed by atoms with Crippen LogP contribution < -0.4 is 4.74 Å². The number of phenolic OH excluding ortho intramolecular Hbond substituents is 1. The van der Waals surface area contributed by atoms with E-state index in [-0.39, 0.29) is 17.8 Å². The van der Waals surface area contributed by atoms with Gasteiger partial charge in [0, 0.05) is 6.61 Å². The molecule has 0 radical (unpaired) electrons. The number of halogens is 1. The van der Waals surface area contributed by atoms with Crippen molar-refractivity contribution >= 4 is 62.9 Å². The number of aromatic hydroxyl groups is 1. The Labute approximate surface area is 169 Å². The van der Waals surface area contributed by atoms with E-state index < -0.39 is 0 Å². The van der Waals surface area contributed by atoms with Crippen LogP contribution in [0.2, 0.25) is 0 Å². The number of thioether (sulfide) groups is 1. The molecule has 1 N–H and O–H groups in total. The molecule has 5 nitrogen and oxygen atoms in total. The van der Waals surface area contributed by atoms with Gasteiger partial charge in [0.05, 0.1) is 27.7 Å². The van der Waals surface area contributed by atoms with Crippen LogP contribution >= 0.6 is 46.6 Å². The summed E-state index contributed by atoms with van der Waals surface area (Å²) >= 11 is 8.71. The van der Waals surface area contributed by atoms with Crippen molar-refractivity contribution < 1.29 is 19.4 Å². The first kappa shape index (κ1) is 18.9. The molecular formula is C17H18INO4S2. The van der Waals surface area contributed by atoms with Crippen LogP contribution in [0.4, 0.5) is 0 Å². The second kappa shape index (κ2) is 8.24. The van der Waals surface area contributed by atoms with Crippen LogP contribution in [0, 0.1) is 3.57 Å². The lowest BCUT2D eigenvalue weighted by molar-refractivity contribution is -0.123. The number of nitrogens with zero attached hydrogens (tertiary/aromatic N) is 1. The standard InChI is InChI=1S/C17H18INO4S2/c1-2-22-13-7-10(6-12(18)15(13)20)8-14-16(21)19(17(24)25-14)9-11-4-3-5-23-11/h6-8,11,20H,2-5,9H2,1H3/b14-8-. The number of ether oxygens (including phenoxy) is 2. The van der Waals surface area contributed by atoms with E-state index in [4.69, 9.17) is 21.7 Å². The van der Waals surface area contributed by atoms with Gasteiger partial charge in [-0.2, -0.15) is 0 Å². The Morgan fingerprint density at radius 3 is 3.04 bits per heavy atom. The summed E-state index contributed by atoms with van der Waals surface area (Å²) in [5.74, 6) is 0.438. The van der Waals surface area contributed by atoms with E-state index in [2.05, 4.69) is 0 Å². The second-order valence-corrected chi connectivity index (χ2v) is 8.55. The SMILES string of the molecule is CCOc1cc(/C=C2\SC(=S)N(CC3CCCO3)C2=O)cc(I)c1O. The van der Waals surface area contributed by atoms with Gasteiger partial charge >= 0.3 is 0 Å². The maximum atomic E-state index is 12.7. The monoisotopic (exact) mass is 491 g/mol. The first-order valence-electron chi connectivity index (χ1n) is 8.02. The van der Waals surface area contributed by atoms with Gasteiger partial charge in [-0.05, 0) is 66.1 Å². The molecule has 2 saturated heterocycles. The summed E-state index contributed by atoms with van der Waals surface area (Å²) in [5.41, 5.74) is 0.795. The number of phenols is 1. The van der Waals surface area contributed by atoms with Gasteiger partial charge in [0.15, 0.2) is 11.5 Å². The van der Waals surface area contributed by atoms with E-state index >= 15 is 0 Å². The first-order valence-corrected chi connectivity index (χ1v) is 10.3. The van der Waals surface area contributed by atoms with Gasteiger partial charge in [0.25, 0.3) is 5.91 Å². The van der Waals surface area contributed by atoms with Crippen LogP contribution in [0.5, 0.6) is 11.5 Å². The molecule has 1 atom stereocenters. The molecule has 2 aliphatic rings. The maximum Gasteiger partial charge on any atom is 0.266 e. The topological polar surface area (TPSA) is 59.0 Å². The molecule has 2 aliphatic heterocycles. The van der Waals surface area contributed by atoms with Crippen molar-refractivity contribution in [2.24, 2.45) is 0 Å². The third kappa shape index (κ3) is 4.29. The molecule has 0 bridgehead atoms. The van der Waals surface area contributed by atoms with Crippen molar-refractivity contribution in [3.05, 3.63) is 26.2 Å². The van der Waals surface area contributed by atoms with E-state index in [1.54, 1.807) is 17.0 Å². The first-order chi connectivity index (χ1) is 12.0. The third-order valence-electron chi connectivity index (χ3n) is 3.93. The van der Waals surface area contributed by atoms with Gasteiger partial charge in [-0.25, -0.2) is 0 Å². The van der Waals surface area contributed by atoms with Crippen LogP contribution in [-0.4, -0.2) is 46.1 Å². The number of hydrogen-bond acceptors (Lipinski definition) is 6. The van der Waals surface area contributed by atoms with Crippen LogP contribution in [0.1, 0.15) is 25.3 Å². The number of hydrogen-bond donors (Lipinski definition) is 1. The van der Waals surface area contributed by atoms with Crippen LogP contribution in [-0.2, 0) is 9.53 Å². The molecular weight excluding hydrogens is 473 g/mol. The van der Waals surface area contributed by atoms with Gasteiger partial charge in [-0.3, -0.25) is 9.69 Å². The average Bonchev–Trinajstić information content (AvgIpc) is 3.17. The summed E-state index contributed by atoms with van der Waals surface area (Å²) in [6, 6.07) is 3.54. The number of thiocarbonyl (C=S) groups is 1. The van der Waals surface area contributed by atoms with Gasteiger partial charge < -0.3 is 14.6 Å². The van der Waals surface area contributed by atoms with E-state index in [1.807, 2.05) is 35.6 Å². The zero-order chi connectivity index (χ0) is 18.0. The Morgan fingerprint density at radius 1 is 1.56 bits per heavy atom. The molecule has 1 aromatic rings. The average molecular weight is 491 g/mol. The Morgan fingerprint density at radius 2 is 2.36 bits per heavy atom. The zero-order valence-corrected chi connectivity index (χ0v) is 17.4. The highest BCUT2D eigenvalue weighted by Crippen LogP contribution is 2.37. The molecule has 1 unspecified atom stereocenters. The number of rotatable bonds is 5. The fourth-order valence-corrected chi connectivity index (χ4v) is 4.64. The summed E-state index contributed by atoms with van der Waals surface area (Å²) < 4.78 is 12.3. The molecule has 134 valence electrons.